The van der Waals surface area contributed by atoms with E-state index in [0.717, 1.165) is 11.1 Å². The third-order valence-electron chi connectivity index (χ3n) is 11.4. The highest BCUT2D eigenvalue weighted by Crippen LogP contribution is 2.61. The largest absolute Gasteiger partial charge is 0.744 e. The summed E-state index contributed by atoms with van der Waals surface area (Å²) in [7, 11) is -4.75. The van der Waals surface area contributed by atoms with Gasteiger partial charge in [-0.3, -0.25) is 14.4 Å². The normalized spacial score (nSPS) is 30.6. The van der Waals surface area contributed by atoms with Crippen molar-refractivity contribution >= 4 is 39.7 Å². The van der Waals surface area contributed by atoms with E-state index in [1.165, 1.54) is 35.0 Å². The van der Waals surface area contributed by atoms with Crippen molar-refractivity contribution in [1.82, 2.24) is 4.90 Å². The molecular weight excluding hydrogens is 663 g/mol. The molecular formula is C38H38NO8S2-. The highest BCUT2D eigenvalue weighted by atomic mass is 32.2. The summed E-state index contributed by atoms with van der Waals surface area (Å²) in [5.74, 6) is -3.23. The average Bonchev–Trinajstić information content (AvgIpc) is 3.68. The van der Waals surface area contributed by atoms with Crippen LogP contribution < -0.4 is 4.74 Å². The zero-order valence-corrected chi connectivity index (χ0v) is 29.5. The topological polar surface area (TPSA) is 130 Å². The van der Waals surface area contributed by atoms with E-state index in [2.05, 4.69) is 24.3 Å². The van der Waals surface area contributed by atoms with Gasteiger partial charge in [-0.25, -0.2) is 8.42 Å². The predicted molar refractivity (Wildman–Crippen MR) is 181 cm³/mol. The SMILES string of the molecule is Cc1cc(S(=O)(=O)[O-])c(C(C)C)cc1OC(=O)C1C2SC3C1C(=O)N(C(C)C)C3C2OC(=O)C1CC2c3ccccc3C1c1ccccc12. The van der Waals surface area contributed by atoms with Gasteiger partial charge in [0.05, 0.1) is 33.9 Å². The molecule has 0 spiro atoms. The average molecular weight is 701 g/mol. The van der Waals surface area contributed by atoms with Gasteiger partial charge in [0.2, 0.25) is 5.91 Å². The Bertz CT molecular complexity index is 1980. The van der Waals surface area contributed by atoms with Gasteiger partial charge in [0, 0.05) is 23.1 Å². The van der Waals surface area contributed by atoms with Gasteiger partial charge in [0.25, 0.3) is 0 Å². The van der Waals surface area contributed by atoms with Crippen molar-refractivity contribution in [1.29, 1.82) is 0 Å². The smallest absolute Gasteiger partial charge is 0.316 e. The van der Waals surface area contributed by atoms with Gasteiger partial charge < -0.3 is 18.9 Å². The van der Waals surface area contributed by atoms with Gasteiger partial charge >= 0.3 is 11.9 Å². The number of nitrogens with zero attached hydrogens (tertiary/aromatic N) is 1. The molecule has 3 aromatic rings. The van der Waals surface area contributed by atoms with Crippen LogP contribution in [0.3, 0.4) is 0 Å². The molecule has 3 fully saturated rings. The maximum atomic E-state index is 14.4. The maximum absolute atomic E-state index is 14.4. The summed E-state index contributed by atoms with van der Waals surface area (Å²) < 4.78 is 48.5. The zero-order valence-electron chi connectivity index (χ0n) is 27.9. The fourth-order valence-corrected chi connectivity index (χ4v) is 12.4. The van der Waals surface area contributed by atoms with E-state index in [4.69, 9.17) is 9.47 Å². The molecule has 3 aromatic carbocycles. The number of amides is 1. The lowest BCUT2D eigenvalue weighted by molar-refractivity contribution is -0.161. The molecule has 9 rings (SSSR count). The van der Waals surface area contributed by atoms with Crippen LogP contribution >= 0.6 is 11.8 Å². The highest BCUT2D eigenvalue weighted by molar-refractivity contribution is 8.01. The Morgan fingerprint density at radius 2 is 1.53 bits per heavy atom. The molecule has 0 N–H and O–H groups in total. The van der Waals surface area contributed by atoms with Gasteiger partial charge in [-0.15, -0.1) is 11.8 Å². The van der Waals surface area contributed by atoms with Crippen LogP contribution in [0.15, 0.2) is 65.6 Å². The summed E-state index contributed by atoms with van der Waals surface area (Å²) >= 11 is 1.53. The fourth-order valence-electron chi connectivity index (χ4n) is 9.38. The lowest BCUT2D eigenvalue weighted by Crippen LogP contribution is -2.52. The predicted octanol–water partition coefficient (Wildman–Crippen LogP) is 5.49. The Balaban J connectivity index is 1.11. The summed E-state index contributed by atoms with van der Waals surface area (Å²) in [5, 5.41) is -0.726. The summed E-state index contributed by atoms with van der Waals surface area (Å²) in [6.45, 7) is 8.95. The number of benzene rings is 3. The molecule has 3 saturated heterocycles. The van der Waals surface area contributed by atoms with Crippen molar-refractivity contribution in [2.24, 2.45) is 17.8 Å². The number of hydrogen-bond acceptors (Lipinski definition) is 9. The summed E-state index contributed by atoms with van der Waals surface area (Å²) in [4.78, 5) is 43.9. The monoisotopic (exact) mass is 700 g/mol. The van der Waals surface area contributed by atoms with E-state index >= 15 is 0 Å². The lowest BCUT2D eigenvalue weighted by atomic mass is 9.59. The first-order valence-corrected chi connectivity index (χ1v) is 19.3. The van der Waals surface area contributed by atoms with Gasteiger partial charge in [-0.2, -0.15) is 0 Å². The first-order valence-electron chi connectivity index (χ1n) is 17.0. The standard InChI is InChI=1S/C38H39NO8S2/c1-17(2)24-16-27(19(5)14-28(24)49(43,44)45)46-38(42)31-30-34-32(39(18(3)4)36(30)40)33(35(31)48-34)47-37(41)26-15-25-20-10-6-8-12-22(20)29(26)23-13-9-7-11-21(23)25/h6-14,16-18,25-26,29-35H,15H2,1-5H3,(H,43,44,45)/p-1. The Morgan fingerprint density at radius 3 is 2.10 bits per heavy atom. The number of esters is 2. The van der Waals surface area contributed by atoms with Crippen LogP contribution in [0.2, 0.25) is 0 Å². The van der Waals surface area contributed by atoms with E-state index in [1.807, 2.05) is 38.1 Å². The molecule has 4 bridgehead atoms. The Kier molecular flexibility index (Phi) is 7.59. The second-order valence-electron chi connectivity index (χ2n) is 14.7. The Labute approximate surface area is 290 Å². The van der Waals surface area contributed by atoms with Crippen molar-refractivity contribution in [2.45, 2.75) is 92.4 Å². The molecule has 7 atom stereocenters. The van der Waals surface area contributed by atoms with Crippen LogP contribution in [-0.4, -0.2) is 64.4 Å². The fraction of sp³-hybridized carbons (Fsp3) is 0.447. The third-order valence-corrected chi connectivity index (χ3v) is 14.0. The second kappa shape index (κ2) is 11.4. The minimum absolute atomic E-state index is 0.0821. The number of rotatable bonds is 7. The molecule has 11 heteroatoms. The third kappa shape index (κ3) is 4.82. The molecule has 0 aromatic heterocycles. The van der Waals surface area contributed by atoms with Crippen molar-refractivity contribution in [3.8, 4) is 5.75 Å². The van der Waals surface area contributed by atoms with Crippen molar-refractivity contribution in [3.05, 3.63) is 94.0 Å². The molecule has 6 aliphatic rings. The van der Waals surface area contributed by atoms with E-state index in [1.54, 1.807) is 25.7 Å². The number of carbonyl (C=O) groups excluding carboxylic acids is 3. The van der Waals surface area contributed by atoms with E-state index in [-0.39, 0.29) is 63.2 Å². The quantitative estimate of drug-likeness (QED) is 0.179. The number of ether oxygens (including phenoxy) is 2. The van der Waals surface area contributed by atoms with Gasteiger partial charge in [-0.05, 0) is 78.6 Å². The van der Waals surface area contributed by atoms with E-state index in [0.29, 0.717) is 12.0 Å². The van der Waals surface area contributed by atoms with Crippen LogP contribution in [0.4, 0.5) is 0 Å². The van der Waals surface area contributed by atoms with Gasteiger partial charge in [-0.1, -0.05) is 62.4 Å². The van der Waals surface area contributed by atoms with Crippen molar-refractivity contribution in [2.75, 3.05) is 0 Å². The zero-order chi connectivity index (χ0) is 34.7. The van der Waals surface area contributed by atoms with Crippen LogP contribution in [0.5, 0.6) is 5.75 Å². The number of hydrogen-bond donors (Lipinski definition) is 0. The van der Waals surface area contributed by atoms with Crippen molar-refractivity contribution in [3.63, 3.8) is 0 Å². The number of likely N-dealkylation sites (tertiary alicyclic amines) is 1. The van der Waals surface area contributed by atoms with Crippen molar-refractivity contribution < 1.29 is 36.8 Å². The number of carbonyl (C=O) groups is 3. The van der Waals surface area contributed by atoms with Crippen LogP contribution in [0.25, 0.3) is 0 Å². The number of aryl methyl sites for hydroxylation is 1. The van der Waals surface area contributed by atoms with Gasteiger partial charge in [0.1, 0.15) is 22.0 Å². The van der Waals surface area contributed by atoms with Crippen LogP contribution in [-0.2, 0) is 29.2 Å². The molecule has 9 nitrogen and oxygen atoms in total. The Morgan fingerprint density at radius 1 is 0.918 bits per heavy atom. The molecule has 3 heterocycles. The first kappa shape index (κ1) is 32.5. The minimum atomic E-state index is -4.75. The molecule has 3 aliphatic heterocycles. The maximum Gasteiger partial charge on any atom is 0.316 e. The molecule has 49 heavy (non-hydrogen) atoms. The number of thioether (sulfide) groups is 1. The van der Waals surface area contributed by atoms with Crippen LogP contribution in [0, 0.1) is 24.7 Å². The molecule has 0 radical (unpaired) electrons. The molecule has 7 unspecified atom stereocenters. The first-order chi connectivity index (χ1) is 23.3. The van der Waals surface area contributed by atoms with E-state index in [9.17, 15) is 27.4 Å². The minimum Gasteiger partial charge on any atom is -0.744 e. The van der Waals surface area contributed by atoms with Crippen LogP contribution in [0.1, 0.15) is 85.3 Å². The summed E-state index contributed by atoms with van der Waals surface area (Å²) in [5.41, 5.74) is 5.37. The van der Waals surface area contributed by atoms with Gasteiger partial charge in [0.15, 0.2) is 0 Å². The molecule has 3 aliphatic carbocycles. The number of fused-ring (bicyclic) bond motifs is 2. The molecule has 0 saturated carbocycles. The summed E-state index contributed by atoms with van der Waals surface area (Å²) in [6, 6.07) is 18.8. The summed E-state index contributed by atoms with van der Waals surface area (Å²) in [6.07, 6.45) is -0.0692. The highest BCUT2D eigenvalue weighted by Gasteiger charge is 2.72. The molecule has 1 amide bonds. The van der Waals surface area contributed by atoms with E-state index < -0.39 is 45.2 Å². The molecule has 256 valence electrons. The lowest BCUT2D eigenvalue weighted by Gasteiger charge is -2.45. The Hall–Kier alpha value is -3.67. The second-order valence-corrected chi connectivity index (χ2v) is 17.4.